The fraction of sp³-hybridized carbons (Fsp3) is 0.885. The summed E-state index contributed by atoms with van der Waals surface area (Å²) in [4.78, 5) is 13.7. The van der Waals surface area contributed by atoms with E-state index < -0.39 is 54.3 Å². The number of aliphatic hydroxyl groups excluding tert-OH is 4. The molecule has 0 aromatic rings. The molecule has 1 aliphatic heterocycles. The SMILES string of the molecule is C=C1C[C@]23CC[C@H]4[C@@](C)(CCC[C@@]4(C)C(=O)O[C@@H]4O[C@H](CO)[C@@H](O)[C@H](O)[C@H]4O)[C@@H]2CC[C@@]1(O)C3. The summed E-state index contributed by atoms with van der Waals surface area (Å²) in [5, 5.41) is 51.1. The molecule has 1 spiro atoms. The fourth-order valence-corrected chi connectivity index (χ4v) is 9.00. The molecule has 0 amide bonds. The number of carbonyl (C=O) groups excluding carboxylic acids is 1. The Kier molecular flexibility index (Phi) is 5.79. The van der Waals surface area contributed by atoms with Crippen LogP contribution in [-0.4, -0.2) is 74.4 Å². The quantitative estimate of drug-likeness (QED) is 0.302. The Labute approximate surface area is 201 Å². The molecule has 11 atom stereocenters. The van der Waals surface area contributed by atoms with Crippen molar-refractivity contribution in [2.45, 2.75) is 108 Å². The molecular weight excluding hydrogens is 440 g/mol. The molecule has 0 aromatic heterocycles. The van der Waals surface area contributed by atoms with Gasteiger partial charge in [0.25, 0.3) is 0 Å². The summed E-state index contributed by atoms with van der Waals surface area (Å²) < 4.78 is 11.1. The Morgan fingerprint density at radius 1 is 1.06 bits per heavy atom. The highest BCUT2D eigenvalue weighted by Crippen LogP contribution is 2.73. The number of hydrogen-bond acceptors (Lipinski definition) is 8. The number of fused-ring (bicyclic) bond motifs is 3. The molecule has 4 saturated carbocycles. The minimum absolute atomic E-state index is 0.0504. The maximum Gasteiger partial charge on any atom is 0.314 e. The second-order valence-corrected chi connectivity index (χ2v) is 12.4. The summed E-state index contributed by atoms with van der Waals surface area (Å²) in [6.45, 7) is 7.91. The number of hydrogen-bond donors (Lipinski definition) is 5. The monoisotopic (exact) mass is 480 g/mol. The maximum atomic E-state index is 13.7. The second kappa shape index (κ2) is 7.98. The van der Waals surface area contributed by atoms with Crippen molar-refractivity contribution in [1.82, 2.24) is 0 Å². The van der Waals surface area contributed by atoms with Gasteiger partial charge < -0.3 is 35.0 Å². The smallest absolute Gasteiger partial charge is 0.314 e. The Balaban J connectivity index is 1.39. The highest BCUT2D eigenvalue weighted by molar-refractivity contribution is 5.77. The molecule has 0 aromatic carbocycles. The average molecular weight is 481 g/mol. The van der Waals surface area contributed by atoms with Gasteiger partial charge in [0.05, 0.1) is 17.6 Å². The van der Waals surface area contributed by atoms with Crippen LogP contribution in [0, 0.1) is 28.1 Å². The summed E-state index contributed by atoms with van der Waals surface area (Å²) in [6.07, 6.45) is 0.422. The van der Waals surface area contributed by atoms with Crippen LogP contribution >= 0.6 is 0 Å². The van der Waals surface area contributed by atoms with Crippen LogP contribution in [0.3, 0.4) is 0 Å². The van der Waals surface area contributed by atoms with E-state index in [0.717, 1.165) is 56.9 Å². The van der Waals surface area contributed by atoms with Crippen molar-refractivity contribution in [2.75, 3.05) is 6.61 Å². The van der Waals surface area contributed by atoms with Gasteiger partial charge in [0.2, 0.25) is 6.29 Å². The van der Waals surface area contributed by atoms with Crippen molar-refractivity contribution < 1.29 is 39.8 Å². The van der Waals surface area contributed by atoms with E-state index in [1.165, 1.54) is 0 Å². The van der Waals surface area contributed by atoms with E-state index in [4.69, 9.17) is 9.47 Å². The molecule has 5 N–H and O–H groups in total. The topological polar surface area (TPSA) is 137 Å². The van der Waals surface area contributed by atoms with Gasteiger partial charge in [-0.05, 0) is 86.5 Å². The third-order valence-electron chi connectivity index (χ3n) is 10.7. The molecule has 4 aliphatic carbocycles. The van der Waals surface area contributed by atoms with Gasteiger partial charge in [-0.2, -0.15) is 0 Å². The van der Waals surface area contributed by atoms with Gasteiger partial charge in [0.15, 0.2) is 0 Å². The van der Waals surface area contributed by atoms with E-state index in [2.05, 4.69) is 13.5 Å². The fourth-order valence-electron chi connectivity index (χ4n) is 9.00. The van der Waals surface area contributed by atoms with Crippen LogP contribution in [-0.2, 0) is 14.3 Å². The first-order valence-corrected chi connectivity index (χ1v) is 12.8. The van der Waals surface area contributed by atoms with E-state index in [1.807, 2.05) is 6.92 Å². The van der Waals surface area contributed by atoms with Crippen LogP contribution in [0.5, 0.6) is 0 Å². The molecule has 8 nitrogen and oxygen atoms in total. The summed E-state index contributed by atoms with van der Waals surface area (Å²) in [6, 6.07) is 0. The molecule has 0 radical (unpaired) electrons. The number of rotatable bonds is 3. The van der Waals surface area contributed by atoms with Crippen molar-refractivity contribution in [3.63, 3.8) is 0 Å². The van der Waals surface area contributed by atoms with Crippen LogP contribution in [0.1, 0.15) is 71.6 Å². The summed E-state index contributed by atoms with van der Waals surface area (Å²) >= 11 is 0. The predicted molar refractivity (Wildman–Crippen MR) is 121 cm³/mol. The van der Waals surface area contributed by atoms with Gasteiger partial charge in [-0.3, -0.25) is 4.79 Å². The molecule has 192 valence electrons. The van der Waals surface area contributed by atoms with Gasteiger partial charge in [0, 0.05) is 0 Å². The average Bonchev–Trinajstić information content (AvgIpc) is 2.96. The number of aliphatic hydroxyl groups is 5. The molecule has 5 rings (SSSR count). The largest absolute Gasteiger partial charge is 0.432 e. The first kappa shape index (κ1) is 24.7. The van der Waals surface area contributed by atoms with Crippen molar-refractivity contribution in [1.29, 1.82) is 0 Å². The molecule has 1 heterocycles. The number of ether oxygens (including phenoxy) is 2. The third kappa shape index (κ3) is 3.29. The van der Waals surface area contributed by atoms with Crippen LogP contribution in [0.2, 0.25) is 0 Å². The number of carbonyl (C=O) groups is 1. The molecule has 5 aliphatic rings. The number of esters is 1. The summed E-state index contributed by atoms with van der Waals surface area (Å²) in [5.41, 5.74) is -0.575. The van der Waals surface area contributed by atoms with Crippen molar-refractivity contribution >= 4 is 5.97 Å². The minimum Gasteiger partial charge on any atom is -0.432 e. The molecule has 2 bridgehead atoms. The Morgan fingerprint density at radius 3 is 2.47 bits per heavy atom. The zero-order chi connectivity index (χ0) is 24.7. The van der Waals surface area contributed by atoms with Gasteiger partial charge in [-0.1, -0.05) is 19.9 Å². The third-order valence-corrected chi connectivity index (χ3v) is 10.7. The van der Waals surface area contributed by atoms with Crippen LogP contribution in [0.25, 0.3) is 0 Å². The van der Waals surface area contributed by atoms with Gasteiger partial charge in [0.1, 0.15) is 24.4 Å². The predicted octanol–water partition coefficient (Wildman–Crippen LogP) is 1.41. The normalized spacial score (nSPS) is 54.8. The second-order valence-electron chi connectivity index (χ2n) is 12.4. The van der Waals surface area contributed by atoms with E-state index in [1.54, 1.807) is 0 Å². The maximum absolute atomic E-state index is 13.7. The zero-order valence-electron chi connectivity index (χ0n) is 20.3. The highest BCUT2D eigenvalue weighted by Gasteiger charge is 2.68. The van der Waals surface area contributed by atoms with Gasteiger partial charge in [-0.25, -0.2) is 0 Å². The standard InChI is InChI=1S/C26H40O8/c1-14-11-25-9-5-16-23(2,17(25)6-10-26(14,32)13-25)7-4-8-24(16,3)22(31)34-21-20(30)19(29)18(28)15(12-27)33-21/h15-21,27-30,32H,1,4-13H2,2-3H3/t15-,16+,17+,18-,19+,20-,21+,23-,24-,25+,26-/m1/s1. The van der Waals surface area contributed by atoms with E-state index >= 15 is 0 Å². The van der Waals surface area contributed by atoms with Gasteiger partial charge in [-0.15, -0.1) is 0 Å². The van der Waals surface area contributed by atoms with Crippen LogP contribution < -0.4 is 0 Å². The van der Waals surface area contributed by atoms with Gasteiger partial charge >= 0.3 is 5.97 Å². The lowest BCUT2D eigenvalue weighted by Crippen LogP contribution is -2.62. The molecule has 1 saturated heterocycles. The molecule has 0 unspecified atom stereocenters. The first-order valence-electron chi connectivity index (χ1n) is 12.8. The summed E-state index contributed by atoms with van der Waals surface area (Å²) in [7, 11) is 0. The molecule has 34 heavy (non-hydrogen) atoms. The van der Waals surface area contributed by atoms with Crippen molar-refractivity contribution in [3.05, 3.63) is 12.2 Å². The van der Waals surface area contributed by atoms with Crippen LogP contribution in [0.4, 0.5) is 0 Å². The Hall–Kier alpha value is -1.03. The Morgan fingerprint density at radius 2 is 1.76 bits per heavy atom. The molecule has 8 heteroatoms. The lowest BCUT2D eigenvalue weighted by molar-refractivity contribution is -0.298. The van der Waals surface area contributed by atoms with E-state index in [0.29, 0.717) is 12.3 Å². The lowest BCUT2D eigenvalue weighted by atomic mass is 9.41. The van der Waals surface area contributed by atoms with Crippen molar-refractivity contribution in [2.24, 2.45) is 28.1 Å². The van der Waals surface area contributed by atoms with Crippen LogP contribution in [0.15, 0.2) is 12.2 Å². The first-order chi connectivity index (χ1) is 15.9. The molecular formula is C26H40O8. The van der Waals surface area contributed by atoms with E-state index in [-0.39, 0.29) is 16.7 Å². The Bertz CT molecular complexity index is 860. The zero-order valence-corrected chi connectivity index (χ0v) is 20.3. The van der Waals surface area contributed by atoms with Crippen molar-refractivity contribution in [3.8, 4) is 0 Å². The summed E-state index contributed by atoms with van der Waals surface area (Å²) in [5.74, 6) is 0.0200. The highest BCUT2D eigenvalue weighted by atomic mass is 16.7. The lowest BCUT2D eigenvalue weighted by Gasteiger charge is -2.63. The minimum atomic E-state index is -1.60. The van der Waals surface area contributed by atoms with E-state index in [9.17, 15) is 30.3 Å². The molecule has 5 fully saturated rings.